The molecule has 0 amide bonds. The van der Waals surface area contributed by atoms with Gasteiger partial charge >= 0.3 is 5.97 Å². The van der Waals surface area contributed by atoms with Gasteiger partial charge in [-0.2, -0.15) is 0 Å². The number of phenolic OH excluding ortho intramolecular Hbond substituents is 1. The number of carbonyl (C=O) groups excluding carboxylic acids is 1. The highest BCUT2D eigenvalue weighted by atomic mass is 16.5. The number of carbonyl (C=O) groups is 1. The van der Waals surface area contributed by atoms with Crippen LogP contribution < -0.4 is 4.74 Å². The van der Waals surface area contributed by atoms with Crippen molar-refractivity contribution in [1.29, 1.82) is 0 Å². The summed E-state index contributed by atoms with van der Waals surface area (Å²) in [4.78, 5) is 11.6. The monoisotopic (exact) mass is 236 g/mol. The molecule has 1 aromatic carbocycles. The molecule has 0 saturated heterocycles. The van der Waals surface area contributed by atoms with Crippen LogP contribution >= 0.6 is 0 Å². The lowest BCUT2D eigenvalue weighted by molar-refractivity contribution is -0.135. The number of esters is 1. The summed E-state index contributed by atoms with van der Waals surface area (Å²) < 4.78 is 5.16. The molecule has 0 aliphatic carbocycles. The van der Waals surface area contributed by atoms with E-state index >= 15 is 0 Å². The zero-order chi connectivity index (χ0) is 12.9. The first-order chi connectivity index (χ1) is 7.93. The van der Waals surface area contributed by atoms with Crippen molar-refractivity contribution in [3.63, 3.8) is 0 Å². The Kier molecular flexibility index (Phi) is 4.55. The minimum absolute atomic E-state index is 0.164. The van der Waals surface area contributed by atoms with Crippen molar-refractivity contribution in [2.75, 3.05) is 0 Å². The predicted octanol–water partition coefficient (Wildman–Crippen LogP) is 3.51. The van der Waals surface area contributed by atoms with E-state index in [4.69, 9.17) is 9.84 Å². The summed E-state index contributed by atoms with van der Waals surface area (Å²) in [6.45, 7) is 6.40. The first kappa shape index (κ1) is 13.6. The molecule has 17 heavy (non-hydrogen) atoms. The number of rotatable bonds is 5. The van der Waals surface area contributed by atoms with Crippen molar-refractivity contribution in [1.82, 2.24) is 0 Å². The van der Waals surface area contributed by atoms with E-state index in [0.717, 1.165) is 12.8 Å². The van der Waals surface area contributed by atoms with Gasteiger partial charge in [0.25, 0.3) is 0 Å². The first-order valence-electron chi connectivity index (χ1n) is 5.93. The average Bonchev–Trinajstić information content (AvgIpc) is 2.30. The van der Waals surface area contributed by atoms with Crippen LogP contribution in [0.2, 0.25) is 0 Å². The predicted molar refractivity (Wildman–Crippen MR) is 67.0 cm³/mol. The number of aromatic hydroxyl groups is 1. The zero-order valence-corrected chi connectivity index (χ0v) is 10.7. The van der Waals surface area contributed by atoms with Crippen molar-refractivity contribution in [3.8, 4) is 11.5 Å². The molecule has 0 fully saturated rings. The van der Waals surface area contributed by atoms with Crippen LogP contribution in [-0.2, 0) is 4.79 Å². The minimum Gasteiger partial charge on any atom is -0.508 e. The maximum Gasteiger partial charge on any atom is 0.311 e. The average molecular weight is 236 g/mol. The van der Waals surface area contributed by atoms with E-state index < -0.39 is 0 Å². The highest BCUT2D eigenvalue weighted by Gasteiger charge is 2.17. The Morgan fingerprint density at radius 2 is 1.88 bits per heavy atom. The lowest BCUT2D eigenvalue weighted by Crippen LogP contribution is -2.15. The van der Waals surface area contributed by atoms with Crippen LogP contribution in [0.15, 0.2) is 24.3 Å². The van der Waals surface area contributed by atoms with Crippen LogP contribution in [0.1, 0.15) is 40.0 Å². The fourth-order valence-electron chi connectivity index (χ4n) is 1.31. The second-order valence-electron chi connectivity index (χ2n) is 4.99. The number of benzene rings is 1. The van der Waals surface area contributed by atoms with E-state index in [1.807, 2.05) is 0 Å². The van der Waals surface area contributed by atoms with E-state index in [1.54, 1.807) is 12.1 Å². The summed E-state index contributed by atoms with van der Waals surface area (Å²) in [5.74, 6) is 0.413. The molecule has 0 heterocycles. The molecule has 94 valence electrons. The number of phenols is 1. The van der Waals surface area contributed by atoms with Gasteiger partial charge in [-0.15, -0.1) is 0 Å². The lowest BCUT2D eigenvalue weighted by atomic mass is 9.85. The lowest BCUT2D eigenvalue weighted by Gasteiger charge is -2.21. The molecule has 0 radical (unpaired) electrons. The zero-order valence-electron chi connectivity index (χ0n) is 10.7. The third-order valence-corrected chi connectivity index (χ3v) is 3.03. The fourth-order valence-corrected chi connectivity index (χ4v) is 1.31. The van der Waals surface area contributed by atoms with Crippen LogP contribution in [0.3, 0.4) is 0 Å². The maximum atomic E-state index is 11.6. The Morgan fingerprint density at radius 1 is 1.29 bits per heavy atom. The van der Waals surface area contributed by atoms with Gasteiger partial charge in [0.15, 0.2) is 0 Å². The molecule has 0 unspecified atom stereocenters. The Hall–Kier alpha value is -1.51. The molecule has 0 aliphatic heterocycles. The molecule has 3 heteroatoms. The molecule has 0 spiro atoms. The molecule has 1 rings (SSSR count). The third-order valence-electron chi connectivity index (χ3n) is 3.03. The summed E-state index contributed by atoms with van der Waals surface area (Å²) in [5.41, 5.74) is 0.175. The van der Waals surface area contributed by atoms with Crippen molar-refractivity contribution >= 4 is 5.97 Å². The van der Waals surface area contributed by atoms with Gasteiger partial charge in [-0.05, 0) is 36.1 Å². The molecule has 1 N–H and O–H groups in total. The first-order valence-corrected chi connectivity index (χ1v) is 5.93. The van der Waals surface area contributed by atoms with E-state index in [9.17, 15) is 4.79 Å². The second-order valence-corrected chi connectivity index (χ2v) is 4.99. The number of hydrogen-bond acceptors (Lipinski definition) is 3. The van der Waals surface area contributed by atoms with E-state index in [-0.39, 0.29) is 17.1 Å². The van der Waals surface area contributed by atoms with Gasteiger partial charge < -0.3 is 9.84 Å². The molecule has 0 atom stereocenters. The topological polar surface area (TPSA) is 46.5 Å². The van der Waals surface area contributed by atoms with Crippen LogP contribution in [-0.4, -0.2) is 11.1 Å². The van der Waals surface area contributed by atoms with Crippen molar-refractivity contribution in [2.24, 2.45) is 5.41 Å². The molecule has 0 aliphatic rings. The van der Waals surface area contributed by atoms with Crippen molar-refractivity contribution in [2.45, 2.75) is 40.0 Å². The van der Waals surface area contributed by atoms with Gasteiger partial charge in [-0.25, -0.2) is 0 Å². The fraction of sp³-hybridized carbons (Fsp3) is 0.500. The normalized spacial score (nSPS) is 11.2. The number of ether oxygens (including phenoxy) is 1. The smallest absolute Gasteiger partial charge is 0.311 e. The molecule has 0 aromatic heterocycles. The Bertz CT molecular complexity index is 366. The van der Waals surface area contributed by atoms with Crippen LogP contribution in [0.5, 0.6) is 11.5 Å². The van der Waals surface area contributed by atoms with E-state index in [0.29, 0.717) is 12.2 Å². The van der Waals surface area contributed by atoms with Crippen LogP contribution in [0, 0.1) is 5.41 Å². The maximum absolute atomic E-state index is 11.6. The highest BCUT2D eigenvalue weighted by Crippen LogP contribution is 2.26. The summed E-state index contributed by atoms with van der Waals surface area (Å²) in [6, 6.07) is 6.16. The molecule has 1 aromatic rings. The molecule has 0 saturated carbocycles. The van der Waals surface area contributed by atoms with Gasteiger partial charge in [-0.1, -0.05) is 27.2 Å². The van der Waals surface area contributed by atoms with E-state index in [1.165, 1.54) is 12.1 Å². The summed E-state index contributed by atoms with van der Waals surface area (Å²) >= 11 is 0. The Morgan fingerprint density at radius 3 is 2.41 bits per heavy atom. The largest absolute Gasteiger partial charge is 0.508 e. The third kappa shape index (κ3) is 4.89. The molecular weight excluding hydrogens is 216 g/mol. The van der Waals surface area contributed by atoms with Crippen LogP contribution in [0.25, 0.3) is 0 Å². The van der Waals surface area contributed by atoms with Crippen molar-refractivity contribution < 1.29 is 14.6 Å². The standard InChI is InChI=1S/C14H20O3/c1-4-14(2,3)10-9-13(16)17-12-7-5-11(15)6-8-12/h5-8,15H,4,9-10H2,1-3H3. The molecular formula is C14H20O3. The molecule has 0 bridgehead atoms. The van der Waals surface area contributed by atoms with Crippen molar-refractivity contribution in [3.05, 3.63) is 24.3 Å². The summed E-state index contributed by atoms with van der Waals surface area (Å²) in [7, 11) is 0. The Labute approximate surface area is 102 Å². The second kappa shape index (κ2) is 5.71. The van der Waals surface area contributed by atoms with E-state index in [2.05, 4.69) is 20.8 Å². The quantitative estimate of drug-likeness (QED) is 0.628. The highest BCUT2D eigenvalue weighted by molar-refractivity contribution is 5.72. The van der Waals surface area contributed by atoms with Gasteiger partial charge in [0, 0.05) is 6.42 Å². The van der Waals surface area contributed by atoms with Gasteiger partial charge in [0.05, 0.1) is 0 Å². The summed E-state index contributed by atoms with van der Waals surface area (Å²) in [5, 5.41) is 9.09. The van der Waals surface area contributed by atoms with Gasteiger partial charge in [0.2, 0.25) is 0 Å². The van der Waals surface area contributed by atoms with Gasteiger partial charge in [-0.3, -0.25) is 4.79 Å². The Balaban J connectivity index is 2.42. The SMILES string of the molecule is CCC(C)(C)CCC(=O)Oc1ccc(O)cc1. The minimum atomic E-state index is -0.225. The molecule has 3 nitrogen and oxygen atoms in total. The number of hydrogen-bond donors (Lipinski definition) is 1. The van der Waals surface area contributed by atoms with Crippen LogP contribution in [0.4, 0.5) is 0 Å². The van der Waals surface area contributed by atoms with Gasteiger partial charge in [0.1, 0.15) is 11.5 Å². The summed E-state index contributed by atoms with van der Waals surface area (Å²) in [6.07, 6.45) is 2.28.